The van der Waals surface area contributed by atoms with Gasteiger partial charge in [-0.25, -0.2) is 0 Å². The molecule has 158 valence electrons. The van der Waals surface area contributed by atoms with Gasteiger partial charge in [0.05, 0.1) is 23.6 Å². The maximum Gasteiger partial charge on any atom is 0.294 e. The Morgan fingerprint density at radius 3 is 2.48 bits per heavy atom. The van der Waals surface area contributed by atoms with Crippen molar-refractivity contribution >= 4 is 55.6 Å². The number of rotatable bonds is 5. The first-order chi connectivity index (χ1) is 14.8. The molecule has 4 rings (SSSR count). The van der Waals surface area contributed by atoms with Crippen LogP contribution in [-0.2, 0) is 0 Å². The van der Waals surface area contributed by atoms with E-state index in [0.29, 0.717) is 16.5 Å². The fourth-order valence-electron chi connectivity index (χ4n) is 3.84. The van der Waals surface area contributed by atoms with E-state index in [9.17, 15) is 24.8 Å². The molecule has 3 aromatic rings. The summed E-state index contributed by atoms with van der Waals surface area (Å²) in [4.78, 5) is 38.1. The van der Waals surface area contributed by atoms with Crippen LogP contribution in [-0.4, -0.2) is 39.9 Å². The Bertz CT molecular complexity index is 1290. The van der Waals surface area contributed by atoms with Gasteiger partial charge in [0, 0.05) is 32.6 Å². The van der Waals surface area contributed by atoms with Crippen LogP contribution in [0.2, 0.25) is 0 Å². The number of benzene rings is 3. The highest BCUT2D eigenvalue weighted by molar-refractivity contribution is 9.10. The number of imide groups is 1. The van der Waals surface area contributed by atoms with Crippen molar-refractivity contribution in [3.63, 3.8) is 0 Å². The number of carbonyl (C=O) groups is 2. The zero-order valence-electron chi connectivity index (χ0n) is 16.7. The van der Waals surface area contributed by atoms with Gasteiger partial charge in [-0.05, 0) is 43.2 Å². The van der Waals surface area contributed by atoms with Crippen LogP contribution in [0.3, 0.4) is 0 Å². The quantitative estimate of drug-likeness (QED) is 0.314. The lowest BCUT2D eigenvalue weighted by molar-refractivity contribution is -0.383. The Labute approximate surface area is 185 Å². The SMILES string of the molecule is Cc1c(Br)ccc(Nc2c([N+](=O)[O-])cc3c4c(cccc24)C(=O)N(CCO)C3=O)c1C. The van der Waals surface area contributed by atoms with Crippen molar-refractivity contribution in [2.45, 2.75) is 13.8 Å². The number of aliphatic hydroxyl groups is 1. The molecule has 8 nitrogen and oxygen atoms in total. The number of nitro groups is 1. The number of hydrogen-bond acceptors (Lipinski definition) is 6. The van der Waals surface area contributed by atoms with Gasteiger partial charge in [0.1, 0.15) is 5.69 Å². The number of halogens is 1. The average Bonchev–Trinajstić information content (AvgIpc) is 2.75. The molecule has 3 aromatic carbocycles. The third kappa shape index (κ3) is 3.26. The van der Waals surface area contributed by atoms with Gasteiger partial charge in [0.2, 0.25) is 0 Å². The van der Waals surface area contributed by atoms with Gasteiger partial charge in [-0.15, -0.1) is 0 Å². The maximum atomic E-state index is 12.9. The second-order valence-corrected chi connectivity index (χ2v) is 8.11. The second-order valence-electron chi connectivity index (χ2n) is 7.26. The standard InChI is InChI=1S/C22H18BrN3O5/c1-11-12(2)17(7-6-16(11)23)24-20-13-4-3-5-14-19(13)15(10-18(20)26(30)31)22(29)25(8-9-27)21(14)28/h3-7,10,24,27H,8-9H2,1-2H3. The van der Waals surface area contributed by atoms with Gasteiger partial charge in [0.15, 0.2) is 0 Å². The van der Waals surface area contributed by atoms with E-state index in [-0.39, 0.29) is 29.0 Å². The second kappa shape index (κ2) is 7.75. The first-order valence-electron chi connectivity index (χ1n) is 9.50. The molecule has 1 heterocycles. The minimum atomic E-state index is -0.659. The first kappa shape index (κ1) is 21.0. The molecule has 2 amide bonds. The van der Waals surface area contributed by atoms with Crippen LogP contribution in [0.1, 0.15) is 31.8 Å². The lowest BCUT2D eigenvalue weighted by atomic mass is 9.92. The van der Waals surface area contributed by atoms with Gasteiger partial charge < -0.3 is 10.4 Å². The minimum Gasteiger partial charge on any atom is -0.395 e. The fraction of sp³-hybridized carbons (Fsp3) is 0.182. The minimum absolute atomic E-state index is 0.0691. The van der Waals surface area contributed by atoms with Crippen molar-refractivity contribution in [1.29, 1.82) is 0 Å². The largest absolute Gasteiger partial charge is 0.395 e. The maximum absolute atomic E-state index is 12.9. The van der Waals surface area contributed by atoms with E-state index < -0.39 is 23.3 Å². The molecule has 0 bridgehead atoms. The molecule has 2 N–H and O–H groups in total. The summed E-state index contributed by atoms with van der Waals surface area (Å²) < 4.78 is 0.919. The first-order valence-corrected chi connectivity index (χ1v) is 10.3. The van der Waals surface area contributed by atoms with Crippen LogP contribution in [0.15, 0.2) is 40.9 Å². The number of aliphatic hydroxyl groups excluding tert-OH is 1. The van der Waals surface area contributed by atoms with Crippen LogP contribution in [0.25, 0.3) is 10.8 Å². The molecule has 0 saturated carbocycles. The molecule has 9 heteroatoms. The Balaban J connectivity index is 2.00. The summed E-state index contributed by atoms with van der Waals surface area (Å²) in [7, 11) is 0. The summed E-state index contributed by atoms with van der Waals surface area (Å²) >= 11 is 3.48. The van der Waals surface area contributed by atoms with Crippen molar-refractivity contribution in [2.24, 2.45) is 0 Å². The molecule has 0 atom stereocenters. The molecule has 0 fully saturated rings. The highest BCUT2D eigenvalue weighted by Gasteiger charge is 2.35. The highest BCUT2D eigenvalue weighted by atomic mass is 79.9. The third-order valence-corrected chi connectivity index (χ3v) is 6.45. The molecule has 0 radical (unpaired) electrons. The van der Waals surface area contributed by atoms with Crippen molar-refractivity contribution < 1.29 is 19.6 Å². The average molecular weight is 484 g/mol. The van der Waals surface area contributed by atoms with E-state index >= 15 is 0 Å². The topological polar surface area (TPSA) is 113 Å². The molecule has 0 spiro atoms. The molecular weight excluding hydrogens is 466 g/mol. The van der Waals surface area contributed by atoms with E-state index in [4.69, 9.17) is 0 Å². The highest BCUT2D eigenvalue weighted by Crippen LogP contribution is 2.42. The van der Waals surface area contributed by atoms with E-state index in [2.05, 4.69) is 21.2 Å². The lowest BCUT2D eigenvalue weighted by Crippen LogP contribution is -2.42. The summed E-state index contributed by atoms with van der Waals surface area (Å²) in [6.07, 6.45) is 0. The van der Waals surface area contributed by atoms with E-state index in [1.54, 1.807) is 18.2 Å². The lowest BCUT2D eigenvalue weighted by Gasteiger charge is -2.27. The number of amides is 2. The van der Waals surface area contributed by atoms with Crippen molar-refractivity contribution in [3.8, 4) is 0 Å². The molecule has 1 aliphatic rings. The van der Waals surface area contributed by atoms with Gasteiger partial charge in [0.25, 0.3) is 17.5 Å². The Morgan fingerprint density at radius 1 is 1.10 bits per heavy atom. The summed E-state index contributed by atoms with van der Waals surface area (Å²) in [6.45, 7) is 3.26. The number of nitrogens with zero attached hydrogens (tertiary/aromatic N) is 2. The molecule has 31 heavy (non-hydrogen) atoms. The van der Waals surface area contributed by atoms with Crippen LogP contribution in [0.5, 0.6) is 0 Å². The normalized spacial score (nSPS) is 13.1. The van der Waals surface area contributed by atoms with Crippen LogP contribution in [0.4, 0.5) is 17.1 Å². The van der Waals surface area contributed by atoms with Crippen molar-refractivity contribution in [3.05, 3.63) is 73.2 Å². The zero-order chi connectivity index (χ0) is 22.4. The smallest absolute Gasteiger partial charge is 0.294 e. The monoisotopic (exact) mass is 483 g/mol. The summed E-state index contributed by atoms with van der Waals surface area (Å²) in [5, 5.41) is 25.1. The molecule has 0 aromatic heterocycles. The number of β-amino-alcohol motifs (C(OH)–C–C–N with tert-alkyl or cyclic N) is 1. The van der Waals surface area contributed by atoms with Gasteiger partial charge >= 0.3 is 0 Å². The Hall–Kier alpha value is -3.30. The molecule has 0 aliphatic carbocycles. The Kier molecular flexibility index (Phi) is 5.24. The van der Waals surface area contributed by atoms with Gasteiger partial charge in [-0.3, -0.25) is 24.6 Å². The number of nitrogens with one attached hydrogen (secondary N) is 1. The number of hydrogen-bond donors (Lipinski definition) is 2. The van der Waals surface area contributed by atoms with Crippen LogP contribution >= 0.6 is 15.9 Å². The summed E-state index contributed by atoms with van der Waals surface area (Å²) in [5.74, 6) is -1.19. The Morgan fingerprint density at radius 2 is 1.81 bits per heavy atom. The third-order valence-electron chi connectivity index (χ3n) is 5.59. The number of nitro benzene ring substituents is 1. The van der Waals surface area contributed by atoms with Crippen molar-refractivity contribution in [1.82, 2.24) is 4.90 Å². The van der Waals surface area contributed by atoms with E-state index in [1.165, 1.54) is 6.07 Å². The van der Waals surface area contributed by atoms with Crippen molar-refractivity contribution in [2.75, 3.05) is 18.5 Å². The molecule has 1 aliphatic heterocycles. The summed E-state index contributed by atoms with van der Waals surface area (Å²) in [5.41, 5.74) is 2.85. The van der Waals surface area contributed by atoms with Crippen LogP contribution in [0, 0.1) is 24.0 Å². The predicted octanol–water partition coefficient (Wildman–Crippen LogP) is 4.46. The van der Waals surface area contributed by atoms with Gasteiger partial charge in [-0.1, -0.05) is 28.1 Å². The van der Waals surface area contributed by atoms with Gasteiger partial charge in [-0.2, -0.15) is 0 Å². The van der Waals surface area contributed by atoms with Crippen LogP contribution < -0.4 is 5.32 Å². The molecular formula is C22H18BrN3O5. The summed E-state index contributed by atoms with van der Waals surface area (Å²) in [6, 6.07) is 9.72. The molecule has 0 saturated heterocycles. The fourth-order valence-corrected chi connectivity index (χ4v) is 4.27. The number of anilines is 2. The number of carbonyl (C=O) groups excluding carboxylic acids is 2. The van der Waals surface area contributed by atoms with E-state index in [1.807, 2.05) is 26.0 Å². The predicted molar refractivity (Wildman–Crippen MR) is 120 cm³/mol. The molecule has 0 unspecified atom stereocenters. The van der Waals surface area contributed by atoms with E-state index in [0.717, 1.165) is 20.5 Å². The zero-order valence-corrected chi connectivity index (χ0v) is 18.3.